The minimum absolute atomic E-state index is 0.0357. The highest BCUT2D eigenvalue weighted by Crippen LogP contribution is 2.30. The van der Waals surface area contributed by atoms with Gasteiger partial charge in [-0.3, -0.25) is 9.78 Å². The van der Waals surface area contributed by atoms with E-state index in [-0.39, 0.29) is 11.4 Å². The number of rotatable bonds is 4. The van der Waals surface area contributed by atoms with Gasteiger partial charge in [-0.05, 0) is 49.4 Å². The molecule has 170 valence electrons. The van der Waals surface area contributed by atoms with E-state index in [0.29, 0.717) is 33.7 Å². The maximum Gasteiger partial charge on any atom is 0.257 e. The second-order valence-corrected chi connectivity index (χ2v) is 7.67. The molecule has 7 nitrogen and oxygen atoms in total. The fraction of sp³-hybridized carbons (Fsp3) is 0.125. The van der Waals surface area contributed by atoms with Gasteiger partial charge in [0.25, 0.3) is 5.91 Å². The fourth-order valence-corrected chi connectivity index (χ4v) is 3.68. The molecule has 3 aromatic heterocycles. The van der Waals surface area contributed by atoms with E-state index in [9.17, 15) is 18.0 Å². The molecule has 1 aromatic carbocycles. The Bertz CT molecular complexity index is 1460. The number of anilines is 1. The van der Waals surface area contributed by atoms with Crippen LogP contribution in [0.25, 0.3) is 22.3 Å². The van der Waals surface area contributed by atoms with Gasteiger partial charge in [-0.1, -0.05) is 12.2 Å². The summed E-state index contributed by atoms with van der Waals surface area (Å²) in [7, 11) is 0. The number of benzene rings is 1. The number of carbonyl (C=O) groups excluding carboxylic acids is 1. The standard InChI is InChI=1S/C24H17F3N6O/c1-13-19(24(34)30-16-7-5-15(25)6-8-16)11-14(12-28-13)17-9-10-29-33-22(17)31-32-23(33)18-3-2-4-20(26)21(18)27/h2-12,20-21H,1H3,(H,30,34). The van der Waals surface area contributed by atoms with Crippen molar-refractivity contribution in [1.29, 1.82) is 0 Å². The third-order valence-electron chi connectivity index (χ3n) is 5.46. The van der Waals surface area contributed by atoms with Crippen LogP contribution >= 0.6 is 0 Å². The lowest BCUT2D eigenvalue weighted by Crippen LogP contribution is -2.20. The number of amides is 1. The lowest BCUT2D eigenvalue weighted by molar-refractivity contribution is 0.102. The molecule has 0 saturated heterocycles. The van der Waals surface area contributed by atoms with E-state index in [1.54, 1.807) is 25.3 Å². The van der Waals surface area contributed by atoms with E-state index in [4.69, 9.17) is 0 Å². The molecule has 0 radical (unpaired) electrons. The van der Waals surface area contributed by atoms with Crippen molar-refractivity contribution >= 4 is 22.8 Å². The Morgan fingerprint density at radius 2 is 1.91 bits per heavy atom. The third kappa shape index (κ3) is 3.83. The number of allylic oxidation sites excluding steroid dienone is 4. The maximum atomic E-state index is 14.5. The van der Waals surface area contributed by atoms with E-state index in [1.807, 2.05) is 0 Å². The van der Waals surface area contributed by atoms with Crippen molar-refractivity contribution in [2.24, 2.45) is 0 Å². The van der Waals surface area contributed by atoms with E-state index < -0.39 is 24.1 Å². The highest BCUT2D eigenvalue weighted by Gasteiger charge is 2.29. The van der Waals surface area contributed by atoms with Crippen LogP contribution in [0.5, 0.6) is 0 Å². The number of aryl methyl sites for hydroxylation is 1. The third-order valence-corrected chi connectivity index (χ3v) is 5.46. The summed E-state index contributed by atoms with van der Waals surface area (Å²) in [5.74, 6) is -0.738. The first-order valence-electron chi connectivity index (χ1n) is 10.3. The molecule has 1 aliphatic carbocycles. The molecule has 2 unspecified atom stereocenters. The number of fused-ring (bicyclic) bond motifs is 1. The molecule has 1 aliphatic rings. The van der Waals surface area contributed by atoms with Gasteiger partial charge in [0, 0.05) is 34.8 Å². The van der Waals surface area contributed by atoms with Crippen molar-refractivity contribution in [3.8, 4) is 11.1 Å². The van der Waals surface area contributed by atoms with Gasteiger partial charge in [0.2, 0.25) is 0 Å². The van der Waals surface area contributed by atoms with Gasteiger partial charge in [0.05, 0.1) is 11.3 Å². The average molecular weight is 462 g/mol. The molecule has 1 N–H and O–H groups in total. The number of pyridine rings is 1. The van der Waals surface area contributed by atoms with Gasteiger partial charge in [-0.15, -0.1) is 10.2 Å². The van der Waals surface area contributed by atoms with Gasteiger partial charge in [0.15, 0.2) is 23.8 Å². The lowest BCUT2D eigenvalue weighted by Gasteiger charge is -2.15. The number of alkyl halides is 2. The highest BCUT2D eigenvalue weighted by molar-refractivity contribution is 6.05. The number of carbonyl (C=O) groups is 1. The Morgan fingerprint density at radius 3 is 2.71 bits per heavy atom. The zero-order chi connectivity index (χ0) is 23.8. The largest absolute Gasteiger partial charge is 0.322 e. The molecule has 5 rings (SSSR count). The first-order valence-corrected chi connectivity index (χ1v) is 10.3. The predicted molar refractivity (Wildman–Crippen MR) is 120 cm³/mol. The number of hydrogen-bond donors (Lipinski definition) is 1. The predicted octanol–water partition coefficient (Wildman–Crippen LogP) is 4.52. The van der Waals surface area contributed by atoms with Crippen LogP contribution in [0.2, 0.25) is 0 Å². The summed E-state index contributed by atoms with van der Waals surface area (Å²) in [4.78, 5) is 17.2. The van der Waals surface area contributed by atoms with Gasteiger partial charge >= 0.3 is 0 Å². The molecule has 1 amide bonds. The SMILES string of the molecule is Cc1ncc(-c2ccnn3c(C4=CC=CC(F)C4F)nnc23)cc1C(=O)Nc1ccc(F)cc1. The van der Waals surface area contributed by atoms with Crippen molar-refractivity contribution in [2.75, 3.05) is 5.32 Å². The Labute approximate surface area is 191 Å². The topological polar surface area (TPSA) is 85.1 Å². The number of halogens is 3. The second-order valence-electron chi connectivity index (χ2n) is 7.67. The second kappa shape index (κ2) is 8.54. The summed E-state index contributed by atoms with van der Waals surface area (Å²) in [6, 6.07) is 8.72. The molecule has 4 aromatic rings. The number of nitrogens with one attached hydrogen (secondary N) is 1. The molecule has 0 saturated carbocycles. The van der Waals surface area contributed by atoms with Crippen LogP contribution in [0.3, 0.4) is 0 Å². The van der Waals surface area contributed by atoms with Crippen LogP contribution in [-0.2, 0) is 0 Å². The normalized spacial score (nSPS) is 17.6. The summed E-state index contributed by atoms with van der Waals surface area (Å²) in [6.07, 6.45) is 3.39. The summed E-state index contributed by atoms with van der Waals surface area (Å²) in [5, 5.41) is 15.1. The lowest BCUT2D eigenvalue weighted by atomic mass is 10.0. The zero-order valence-electron chi connectivity index (χ0n) is 17.8. The van der Waals surface area contributed by atoms with Crippen LogP contribution in [0.4, 0.5) is 18.9 Å². The maximum absolute atomic E-state index is 14.5. The molecule has 0 fully saturated rings. The smallest absolute Gasteiger partial charge is 0.257 e. The molecule has 0 bridgehead atoms. The molecular weight excluding hydrogens is 445 g/mol. The average Bonchev–Trinajstić information content (AvgIpc) is 3.27. The molecular formula is C24H17F3N6O. The fourth-order valence-electron chi connectivity index (χ4n) is 3.68. The first-order chi connectivity index (χ1) is 16.4. The van der Waals surface area contributed by atoms with Gasteiger partial charge in [0.1, 0.15) is 5.82 Å². The number of aromatic nitrogens is 5. The van der Waals surface area contributed by atoms with Crippen LogP contribution in [-0.4, -0.2) is 43.0 Å². The van der Waals surface area contributed by atoms with Crippen LogP contribution < -0.4 is 5.32 Å². The Kier molecular flexibility index (Phi) is 5.40. The first kappa shape index (κ1) is 21.5. The van der Waals surface area contributed by atoms with E-state index >= 15 is 0 Å². The van der Waals surface area contributed by atoms with Gasteiger partial charge < -0.3 is 5.32 Å². The van der Waals surface area contributed by atoms with E-state index in [0.717, 1.165) is 6.08 Å². The Morgan fingerprint density at radius 1 is 1.12 bits per heavy atom. The van der Waals surface area contributed by atoms with Crippen molar-refractivity contribution in [1.82, 2.24) is 24.8 Å². The van der Waals surface area contributed by atoms with Gasteiger partial charge in [-0.25, -0.2) is 13.2 Å². The van der Waals surface area contributed by atoms with E-state index in [2.05, 4.69) is 25.6 Å². The van der Waals surface area contributed by atoms with Crippen molar-refractivity contribution in [3.63, 3.8) is 0 Å². The molecule has 0 aliphatic heterocycles. The minimum Gasteiger partial charge on any atom is -0.322 e. The minimum atomic E-state index is -1.88. The zero-order valence-corrected chi connectivity index (χ0v) is 17.8. The van der Waals surface area contributed by atoms with Crippen molar-refractivity contribution < 1.29 is 18.0 Å². The van der Waals surface area contributed by atoms with Crippen LogP contribution in [0, 0.1) is 12.7 Å². The Hall–Kier alpha value is -4.34. The molecule has 0 spiro atoms. The van der Waals surface area contributed by atoms with Gasteiger partial charge in [-0.2, -0.15) is 9.61 Å². The summed E-state index contributed by atoms with van der Waals surface area (Å²) >= 11 is 0. The molecule has 34 heavy (non-hydrogen) atoms. The Balaban J connectivity index is 1.53. The van der Waals surface area contributed by atoms with Crippen LogP contribution in [0.15, 0.2) is 67.0 Å². The molecule has 10 heteroatoms. The summed E-state index contributed by atoms with van der Waals surface area (Å²) in [6.45, 7) is 1.69. The molecule has 3 heterocycles. The number of nitrogens with zero attached hydrogens (tertiary/aromatic N) is 5. The quantitative estimate of drug-likeness (QED) is 0.482. The van der Waals surface area contributed by atoms with Crippen LogP contribution in [0.1, 0.15) is 21.9 Å². The van der Waals surface area contributed by atoms with Crippen molar-refractivity contribution in [3.05, 3.63) is 89.9 Å². The van der Waals surface area contributed by atoms with E-state index in [1.165, 1.54) is 47.1 Å². The summed E-state index contributed by atoms with van der Waals surface area (Å²) in [5.41, 5.74) is 2.67. The molecule has 2 atom stereocenters. The van der Waals surface area contributed by atoms with Crippen molar-refractivity contribution in [2.45, 2.75) is 19.3 Å². The monoisotopic (exact) mass is 462 g/mol. The summed E-state index contributed by atoms with van der Waals surface area (Å²) < 4.78 is 42.8. The number of hydrogen-bond acceptors (Lipinski definition) is 5. The highest BCUT2D eigenvalue weighted by atomic mass is 19.2.